The second-order valence-electron chi connectivity index (χ2n) is 5.28. The van der Waals surface area contributed by atoms with E-state index in [1.54, 1.807) is 17.7 Å². The smallest absolute Gasteiger partial charge is 0.268 e. The summed E-state index contributed by atoms with van der Waals surface area (Å²) >= 11 is 1.37. The number of anilines is 1. The van der Waals surface area contributed by atoms with Crippen LogP contribution in [0.15, 0.2) is 60.0 Å². The summed E-state index contributed by atoms with van der Waals surface area (Å²) in [5.74, 6) is 0.856. The van der Waals surface area contributed by atoms with E-state index in [-0.39, 0.29) is 11.9 Å². The zero-order chi connectivity index (χ0) is 17.2. The van der Waals surface area contributed by atoms with Crippen molar-refractivity contribution in [1.29, 1.82) is 0 Å². The average molecular weight is 350 g/mol. The molecule has 0 radical (unpaired) electrons. The number of benzene rings is 1. The van der Waals surface area contributed by atoms with E-state index in [4.69, 9.17) is 4.74 Å². The van der Waals surface area contributed by atoms with Gasteiger partial charge in [0.05, 0.1) is 17.7 Å². The predicted molar refractivity (Wildman–Crippen MR) is 97.2 cm³/mol. The van der Waals surface area contributed by atoms with Gasteiger partial charge in [0.25, 0.3) is 5.91 Å². The number of ether oxygens (including phenoxy) is 1. The second-order valence-corrected chi connectivity index (χ2v) is 6.22. The van der Waals surface area contributed by atoms with Crippen molar-refractivity contribution in [2.75, 3.05) is 12.4 Å². The maximum Gasteiger partial charge on any atom is 0.268 e. The molecule has 0 unspecified atom stereocenters. The summed E-state index contributed by atoms with van der Waals surface area (Å²) in [7, 11) is 1.63. The molecule has 4 aromatic rings. The van der Waals surface area contributed by atoms with Crippen LogP contribution in [0.1, 0.15) is 9.67 Å². The van der Waals surface area contributed by atoms with Crippen LogP contribution in [0.3, 0.4) is 0 Å². The minimum Gasteiger partial charge on any atom is -0.497 e. The summed E-state index contributed by atoms with van der Waals surface area (Å²) in [5.41, 5.74) is 2.52. The number of pyridine rings is 1. The van der Waals surface area contributed by atoms with Gasteiger partial charge in [0.1, 0.15) is 5.75 Å². The third-order valence-electron chi connectivity index (χ3n) is 3.72. The van der Waals surface area contributed by atoms with E-state index >= 15 is 0 Å². The van der Waals surface area contributed by atoms with Gasteiger partial charge in [-0.25, -0.2) is 4.52 Å². The molecule has 0 saturated heterocycles. The highest BCUT2D eigenvalue weighted by Gasteiger charge is 2.13. The number of thiophene rings is 1. The fraction of sp³-hybridized carbons (Fsp3) is 0.0556. The summed E-state index contributed by atoms with van der Waals surface area (Å²) in [6.45, 7) is 0. The van der Waals surface area contributed by atoms with E-state index in [0.29, 0.717) is 10.5 Å². The SMILES string of the molecule is COc1ccc(-c2cccc3nc(NC(=O)c4cccs4)nn23)cc1. The van der Waals surface area contributed by atoms with Gasteiger partial charge in [0, 0.05) is 5.56 Å². The Morgan fingerprint density at radius 1 is 1.12 bits per heavy atom. The van der Waals surface area contributed by atoms with Gasteiger partial charge in [-0.2, -0.15) is 4.98 Å². The first kappa shape index (κ1) is 15.3. The van der Waals surface area contributed by atoms with Crippen LogP contribution < -0.4 is 10.1 Å². The third kappa shape index (κ3) is 2.97. The minimum atomic E-state index is -0.211. The Kier molecular flexibility index (Phi) is 3.91. The number of hydrogen-bond donors (Lipinski definition) is 1. The fourth-order valence-electron chi connectivity index (χ4n) is 2.51. The Morgan fingerprint density at radius 3 is 2.68 bits per heavy atom. The van der Waals surface area contributed by atoms with E-state index in [9.17, 15) is 4.79 Å². The van der Waals surface area contributed by atoms with Crippen LogP contribution in [-0.4, -0.2) is 27.6 Å². The number of fused-ring (bicyclic) bond motifs is 1. The zero-order valence-corrected chi connectivity index (χ0v) is 14.2. The summed E-state index contributed by atoms with van der Waals surface area (Å²) in [5, 5.41) is 9.02. The standard InChI is InChI=1S/C18H14N4O2S/c1-24-13-9-7-12(8-10-13)14-4-2-6-16-19-18(21-22(14)16)20-17(23)15-5-3-11-25-15/h2-11H,1H3,(H,20,21,23). The van der Waals surface area contributed by atoms with Gasteiger partial charge >= 0.3 is 0 Å². The number of aromatic nitrogens is 3. The number of methoxy groups -OCH3 is 1. The molecule has 3 heterocycles. The molecule has 0 aliphatic carbocycles. The molecule has 0 aliphatic rings. The van der Waals surface area contributed by atoms with E-state index in [0.717, 1.165) is 17.0 Å². The number of amides is 1. The first-order valence-corrected chi connectivity index (χ1v) is 8.47. The Labute approximate surface area is 147 Å². The number of nitrogens with one attached hydrogen (secondary N) is 1. The van der Waals surface area contributed by atoms with Gasteiger partial charge < -0.3 is 4.74 Å². The van der Waals surface area contributed by atoms with Crippen molar-refractivity contribution < 1.29 is 9.53 Å². The van der Waals surface area contributed by atoms with E-state index < -0.39 is 0 Å². The molecule has 6 nitrogen and oxygen atoms in total. The monoisotopic (exact) mass is 350 g/mol. The average Bonchev–Trinajstić information content (AvgIpc) is 3.30. The Hall–Kier alpha value is -3.19. The van der Waals surface area contributed by atoms with E-state index in [2.05, 4.69) is 15.4 Å². The largest absolute Gasteiger partial charge is 0.497 e. The van der Waals surface area contributed by atoms with Crippen LogP contribution in [0, 0.1) is 0 Å². The van der Waals surface area contributed by atoms with Crippen molar-refractivity contribution in [2.24, 2.45) is 0 Å². The molecule has 0 aliphatic heterocycles. The molecule has 4 rings (SSSR count). The van der Waals surface area contributed by atoms with Crippen LogP contribution in [0.25, 0.3) is 16.9 Å². The molecule has 0 spiro atoms. The van der Waals surface area contributed by atoms with Crippen molar-refractivity contribution in [3.05, 3.63) is 64.9 Å². The maximum atomic E-state index is 12.2. The lowest BCUT2D eigenvalue weighted by molar-refractivity contribution is 0.102. The number of hydrogen-bond acceptors (Lipinski definition) is 5. The molecule has 7 heteroatoms. The van der Waals surface area contributed by atoms with Crippen molar-refractivity contribution in [3.8, 4) is 17.0 Å². The highest BCUT2D eigenvalue weighted by atomic mass is 32.1. The topological polar surface area (TPSA) is 68.5 Å². The van der Waals surface area contributed by atoms with Crippen molar-refractivity contribution in [1.82, 2.24) is 14.6 Å². The summed E-state index contributed by atoms with van der Waals surface area (Å²) in [6.07, 6.45) is 0. The second kappa shape index (κ2) is 6.37. The van der Waals surface area contributed by atoms with Crippen LogP contribution in [-0.2, 0) is 0 Å². The molecular formula is C18H14N4O2S. The number of carbonyl (C=O) groups excluding carboxylic acids is 1. The molecule has 3 aromatic heterocycles. The van der Waals surface area contributed by atoms with Crippen LogP contribution >= 0.6 is 11.3 Å². The molecule has 1 aromatic carbocycles. The van der Waals surface area contributed by atoms with Gasteiger partial charge in [0.15, 0.2) is 5.65 Å². The minimum absolute atomic E-state index is 0.211. The Morgan fingerprint density at radius 2 is 1.96 bits per heavy atom. The van der Waals surface area contributed by atoms with Gasteiger partial charge in [-0.15, -0.1) is 16.4 Å². The van der Waals surface area contributed by atoms with Gasteiger partial charge in [-0.05, 0) is 47.8 Å². The Bertz CT molecular complexity index is 1020. The van der Waals surface area contributed by atoms with E-state index in [1.807, 2.05) is 53.9 Å². The first-order chi connectivity index (χ1) is 12.2. The molecule has 1 amide bonds. The molecular weight excluding hydrogens is 336 g/mol. The van der Waals surface area contributed by atoms with Gasteiger partial charge in [-0.3, -0.25) is 10.1 Å². The summed E-state index contributed by atoms with van der Waals surface area (Å²) in [6, 6.07) is 17.0. The summed E-state index contributed by atoms with van der Waals surface area (Å²) in [4.78, 5) is 17.2. The molecule has 0 atom stereocenters. The van der Waals surface area contributed by atoms with Crippen molar-refractivity contribution >= 4 is 28.8 Å². The number of rotatable bonds is 4. The van der Waals surface area contributed by atoms with Crippen molar-refractivity contribution in [3.63, 3.8) is 0 Å². The van der Waals surface area contributed by atoms with Crippen LogP contribution in [0.5, 0.6) is 5.75 Å². The lowest BCUT2D eigenvalue weighted by atomic mass is 10.1. The maximum absolute atomic E-state index is 12.2. The highest BCUT2D eigenvalue weighted by molar-refractivity contribution is 7.12. The van der Waals surface area contributed by atoms with Crippen LogP contribution in [0.4, 0.5) is 5.95 Å². The lowest BCUT2D eigenvalue weighted by Crippen LogP contribution is -2.11. The first-order valence-electron chi connectivity index (χ1n) is 7.60. The number of nitrogens with zero attached hydrogens (tertiary/aromatic N) is 3. The molecule has 124 valence electrons. The normalized spacial score (nSPS) is 10.8. The van der Waals surface area contributed by atoms with Crippen molar-refractivity contribution in [2.45, 2.75) is 0 Å². The third-order valence-corrected chi connectivity index (χ3v) is 4.58. The van der Waals surface area contributed by atoms with Crippen LogP contribution in [0.2, 0.25) is 0 Å². The fourth-order valence-corrected chi connectivity index (χ4v) is 3.13. The highest BCUT2D eigenvalue weighted by Crippen LogP contribution is 2.23. The molecule has 0 bridgehead atoms. The predicted octanol–water partition coefficient (Wildman–Crippen LogP) is 3.72. The molecule has 25 heavy (non-hydrogen) atoms. The van der Waals surface area contributed by atoms with Gasteiger partial charge in [0.2, 0.25) is 5.95 Å². The molecule has 1 N–H and O–H groups in total. The Balaban J connectivity index is 1.69. The summed E-state index contributed by atoms with van der Waals surface area (Å²) < 4.78 is 6.91. The molecule has 0 saturated carbocycles. The zero-order valence-electron chi connectivity index (χ0n) is 13.3. The lowest BCUT2D eigenvalue weighted by Gasteiger charge is -2.05. The number of carbonyl (C=O) groups is 1. The van der Waals surface area contributed by atoms with Gasteiger partial charge in [-0.1, -0.05) is 12.1 Å². The molecule has 0 fully saturated rings. The quantitative estimate of drug-likeness (QED) is 0.609. The van der Waals surface area contributed by atoms with E-state index in [1.165, 1.54) is 11.3 Å².